The highest BCUT2D eigenvalue weighted by Gasteiger charge is 2.30. The van der Waals surface area contributed by atoms with Gasteiger partial charge in [-0.25, -0.2) is 0 Å². The van der Waals surface area contributed by atoms with Crippen LogP contribution in [-0.2, 0) is 14.9 Å². The molecule has 0 bridgehead atoms. The molecule has 7 nitrogen and oxygen atoms in total. The third-order valence-electron chi connectivity index (χ3n) is 2.13. The summed E-state index contributed by atoms with van der Waals surface area (Å²) in [6.45, 7) is 0.389. The normalized spacial score (nSPS) is 26.5. The van der Waals surface area contributed by atoms with Gasteiger partial charge in [-0.3, -0.25) is 9.35 Å². The first-order chi connectivity index (χ1) is 6.90. The van der Waals surface area contributed by atoms with E-state index in [1.807, 2.05) is 0 Å². The number of carbonyl (C=O) groups is 1. The third-order valence-corrected chi connectivity index (χ3v) is 2.85. The van der Waals surface area contributed by atoms with Crippen LogP contribution in [0.4, 0.5) is 0 Å². The van der Waals surface area contributed by atoms with Crippen LogP contribution in [0.25, 0.3) is 0 Å². The highest BCUT2D eigenvalue weighted by Crippen LogP contribution is 2.05. The van der Waals surface area contributed by atoms with Crippen LogP contribution >= 0.6 is 0 Å². The fraction of sp³-hybridized carbons (Fsp3) is 0.857. The minimum atomic E-state index is -4.05. The zero-order chi connectivity index (χ0) is 11.5. The Balaban J connectivity index is 2.30. The Morgan fingerprint density at radius 2 is 2.20 bits per heavy atom. The molecule has 0 aromatic heterocycles. The first-order valence-electron chi connectivity index (χ1n) is 4.54. The SMILES string of the molecule is O=C(NCCS(=O)(=O)O)[C@H]1NCCC1O. The smallest absolute Gasteiger partial charge is 0.266 e. The molecule has 1 unspecified atom stereocenters. The number of hydrogen-bond acceptors (Lipinski definition) is 5. The van der Waals surface area contributed by atoms with Crippen LogP contribution in [0.15, 0.2) is 0 Å². The largest absolute Gasteiger partial charge is 0.391 e. The number of aliphatic hydroxyl groups is 1. The maximum atomic E-state index is 11.3. The number of aliphatic hydroxyl groups excluding tert-OH is 1. The molecule has 1 amide bonds. The van der Waals surface area contributed by atoms with Gasteiger partial charge in [0.05, 0.1) is 11.9 Å². The molecule has 1 saturated heterocycles. The van der Waals surface area contributed by atoms with E-state index >= 15 is 0 Å². The zero-order valence-electron chi connectivity index (χ0n) is 8.01. The van der Waals surface area contributed by atoms with Gasteiger partial charge in [0.2, 0.25) is 5.91 Å². The van der Waals surface area contributed by atoms with E-state index in [1.165, 1.54) is 0 Å². The second-order valence-electron chi connectivity index (χ2n) is 3.36. The molecule has 4 N–H and O–H groups in total. The van der Waals surface area contributed by atoms with Crippen LogP contribution in [0.1, 0.15) is 6.42 Å². The van der Waals surface area contributed by atoms with Gasteiger partial charge in [0.15, 0.2) is 0 Å². The summed E-state index contributed by atoms with van der Waals surface area (Å²) in [5, 5.41) is 14.4. The predicted octanol–water partition coefficient (Wildman–Crippen LogP) is -2.29. The predicted molar refractivity (Wildman–Crippen MR) is 51.8 cm³/mol. The van der Waals surface area contributed by atoms with Crippen molar-refractivity contribution >= 4 is 16.0 Å². The molecule has 2 atom stereocenters. The summed E-state index contributed by atoms with van der Waals surface area (Å²) in [4.78, 5) is 11.3. The van der Waals surface area contributed by atoms with Crippen LogP contribution in [0.2, 0.25) is 0 Å². The zero-order valence-corrected chi connectivity index (χ0v) is 8.83. The molecule has 1 aliphatic rings. The molecule has 1 rings (SSSR count). The summed E-state index contributed by atoms with van der Waals surface area (Å²) >= 11 is 0. The molecular weight excluding hydrogens is 224 g/mol. The molecule has 1 aliphatic heterocycles. The quantitative estimate of drug-likeness (QED) is 0.410. The maximum absolute atomic E-state index is 11.3. The minimum absolute atomic E-state index is 0.164. The van der Waals surface area contributed by atoms with E-state index in [4.69, 9.17) is 4.55 Å². The Morgan fingerprint density at radius 3 is 2.67 bits per heavy atom. The van der Waals surface area contributed by atoms with Gasteiger partial charge in [0, 0.05) is 6.54 Å². The summed E-state index contributed by atoms with van der Waals surface area (Å²) in [7, 11) is -4.05. The van der Waals surface area contributed by atoms with Gasteiger partial charge in [-0.1, -0.05) is 0 Å². The van der Waals surface area contributed by atoms with Crippen LogP contribution in [0.5, 0.6) is 0 Å². The molecule has 8 heteroatoms. The molecule has 88 valence electrons. The van der Waals surface area contributed by atoms with Gasteiger partial charge in [0.25, 0.3) is 10.1 Å². The van der Waals surface area contributed by atoms with E-state index in [2.05, 4.69) is 10.6 Å². The molecule has 0 aromatic rings. The van der Waals surface area contributed by atoms with Crippen molar-refractivity contribution in [1.82, 2.24) is 10.6 Å². The summed E-state index contributed by atoms with van der Waals surface area (Å²) in [6, 6.07) is -0.689. The first kappa shape index (κ1) is 12.4. The van der Waals surface area contributed by atoms with Crippen molar-refractivity contribution in [3.05, 3.63) is 0 Å². The van der Waals surface area contributed by atoms with E-state index in [0.717, 1.165) is 0 Å². The monoisotopic (exact) mass is 238 g/mol. The van der Waals surface area contributed by atoms with Crippen LogP contribution in [-0.4, -0.2) is 55.0 Å². The van der Waals surface area contributed by atoms with E-state index in [0.29, 0.717) is 13.0 Å². The Hall–Kier alpha value is -0.700. The summed E-state index contributed by atoms with van der Waals surface area (Å²) in [6.07, 6.45) is -0.244. The fourth-order valence-electron chi connectivity index (χ4n) is 1.37. The number of rotatable bonds is 4. The summed E-state index contributed by atoms with van der Waals surface area (Å²) in [5.74, 6) is -0.981. The molecule has 1 fully saturated rings. The first-order valence-corrected chi connectivity index (χ1v) is 6.15. The fourth-order valence-corrected chi connectivity index (χ4v) is 1.73. The second kappa shape index (κ2) is 4.88. The molecule has 0 radical (unpaired) electrons. The van der Waals surface area contributed by atoms with Gasteiger partial charge in [-0.2, -0.15) is 8.42 Å². The molecular formula is C7H14N2O5S. The highest BCUT2D eigenvalue weighted by molar-refractivity contribution is 7.85. The lowest BCUT2D eigenvalue weighted by Crippen LogP contribution is -2.46. The van der Waals surface area contributed by atoms with Crippen molar-refractivity contribution in [2.75, 3.05) is 18.8 Å². The van der Waals surface area contributed by atoms with Gasteiger partial charge in [-0.15, -0.1) is 0 Å². The number of amides is 1. The minimum Gasteiger partial charge on any atom is -0.391 e. The van der Waals surface area contributed by atoms with Crippen molar-refractivity contribution in [3.8, 4) is 0 Å². The molecule has 0 aromatic carbocycles. The molecule has 0 aliphatic carbocycles. The Bertz CT molecular complexity index is 328. The van der Waals surface area contributed by atoms with Gasteiger partial charge in [-0.05, 0) is 13.0 Å². The summed E-state index contributed by atoms with van der Waals surface area (Å²) in [5.41, 5.74) is 0. The Kier molecular flexibility index (Phi) is 4.03. The lowest BCUT2D eigenvalue weighted by Gasteiger charge is -2.13. The van der Waals surface area contributed by atoms with Crippen molar-refractivity contribution in [2.24, 2.45) is 0 Å². The molecule has 0 spiro atoms. The molecule has 15 heavy (non-hydrogen) atoms. The Labute approximate surface area is 87.6 Å². The van der Waals surface area contributed by atoms with Crippen molar-refractivity contribution in [3.63, 3.8) is 0 Å². The molecule has 1 heterocycles. The van der Waals surface area contributed by atoms with Crippen molar-refractivity contribution in [1.29, 1.82) is 0 Å². The Morgan fingerprint density at radius 1 is 1.53 bits per heavy atom. The standard InChI is InChI=1S/C7H14N2O5S/c10-5-1-2-8-6(5)7(11)9-3-4-15(12,13)14/h5-6,8,10H,1-4H2,(H,9,11)(H,12,13,14)/t5?,6-/m0/s1. The highest BCUT2D eigenvalue weighted by atomic mass is 32.2. The topological polar surface area (TPSA) is 116 Å². The molecule has 0 saturated carbocycles. The number of carbonyl (C=O) groups excluding carboxylic acids is 1. The van der Waals surface area contributed by atoms with Crippen LogP contribution in [0.3, 0.4) is 0 Å². The average molecular weight is 238 g/mol. The van der Waals surface area contributed by atoms with E-state index in [-0.39, 0.29) is 6.54 Å². The number of nitrogens with one attached hydrogen (secondary N) is 2. The second-order valence-corrected chi connectivity index (χ2v) is 4.94. The van der Waals surface area contributed by atoms with E-state index in [1.54, 1.807) is 0 Å². The van der Waals surface area contributed by atoms with Gasteiger partial charge < -0.3 is 15.7 Å². The van der Waals surface area contributed by atoms with E-state index < -0.39 is 33.9 Å². The van der Waals surface area contributed by atoms with Crippen molar-refractivity contribution in [2.45, 2.75) is 18.6 Å². The van der Waals surface area contributed by atoms with Gasteiger partial charge in [0.1, 0.15) is 6.04 Å². The van der Waals surface area contributed by atoms with Crippen LogP contribution < -0.4 is 10.6 Å². The lowest BCUT2D eigenvalue weighted by molar-refractivity contribution is -0.124. The van der Waals surface area contributed by atoms with Crippen molar-refractivity contribution < 1.29 is 22.9 Å². The average Bonchev–Trinajstić information content (AvgIpc) is 2.48. The lowest BCUT2D eigenvalue weighted by atomic mass is 10.1. The maximum Gasteiger partial charge on any atom is 0.266 e. The summed E-state index contributed by atoms with van der Waals surface area (Å²) < 4.78 is 29.1. The number of hydrogen-bond donors (Lipinski definition) is 4. The van der Waals surface area contributed by atoms with Crippen LogP contribution in [0, 0.1) is 0 Å². The van der Waals surface area contributed by atoms with E-state index in [9.17, 15) is 18.3 Å². The third kappa shape index (κ3) is 4.12. The van der Waals surface area contributed by atoms with Gasteiger partial charge >= 0.3 is 0 Å².